The van der Waals surface area contributed by atoms with E-state index < -0.39 is 23.7 Å². The highest BCUT2D eigenvalue weighted by molar-refractivity contribution is 5.94. The highest BCUT2D eigenvalue weighted by Gasteiger charge is 2.22. The van der Waals surface area contributed by atoms with Crippen molar-refractivity contribution in [2.24, 2.45) is 0 Å². The zero-order chi connectivity index (χ0) is 27.6. The van der Waals surface area contributed by atoms with Crippen molar-refractivity contribution in [1.29, 1.82) is 0 Å². The van der Waals surface area contributed by atoms with Gasteiger partial charge in [-0.25, -0.2) is 19.4 Å². The third-order valence-electron chi connectivity index (χ3n) is 5.19. The minimum absolute atomic E-state index is 0.0521. The highest BCUT2D eigenvalue weighted by Crippen LogP contribution is 2.23. The van der Waals surface area contributed by atoms with Crippen molar-refractivity contribution in [2.75, 3.05) is 19.8 Å². The van der Waals surface area contributed by atoms with Crippen LogP contribution in [0.25, 0.3) is 11.0 Å². The molecule has 1 amide bonds. The highest BCUT2D eigenvalue weighted by atomic mass is 16.6. The molecule has 0 bridgehead atoms. The lowest BCUT2D eigenvalue weighted by molar-refractivity contribution is -0.148. The minimum atomic E-state index is -0.606. The predicted octanol–water partition coefficient (Wildman–Crippen LogP) is 4.94. The van der Waals surface area contributed by atoms with E-state index >= 15 is 0 Å². The van der Waals surface area contributed by atoms with Crippen molar-refractivity contribution in [3.05, 3.63) is 29.6 Å². The summed E-state index contributed by atoms with van der Waals surface area (Å²) in [6.45, 7) is 13.9. The summed E-state index contributed by atoms with van der Waals surface area (Å²) in [7, 11) is 0. The van der Waals surface area contributed by atoms with Crippen LogP contribution in [0.1, 0.15) is 90.0 Å². The molecule has 10 nitrogen and oxygen atoms in total. The first-order valence-electron chi connectivity index (χ1n) is 12.8. The van der Waals surface area contributed by atoms with E-state index in [0.717, 1.165) is 24.6 Å². The molecule has 10 heteroatoms. The number of aryl methyl sites for hydroxylation is 1. The van der Waals surface area contributed by atoms with Gasteiger partial charge < -0.3 is 28.8 Å². The molecule has 37 heavy (non-hydrogen) atoms. The average molecular weight is 520 g/mol. The summed E-state index contributed by atoms with van der Waals surface area (Å²) in [4.78, 5) is 41.2. The summed E-state index contributed by atoms with van der Waals surface area (Å²) < 4.78 is 22.9. The van der Waals surface area contributed by atoms with Crippen molar-refractivity contribution >= 4 is 29.1 Å². The Morgan fingerprint density at radius 3 is 2.46 bits per heavy atom. The van der Waals surface area contributed by atoms with E-state index in [-0.39, 0.29) is 18.7 Å². The Kier molecular flexibility index (Phi) is 11.4. The number of fused-ring (bicyclic) bond motifs is 1. The van der Waals surface area contributed by atoms with E-state index in [1.165, 1.54) is 0 Å². The largest absolute Gasteiger partial charge is 0.464 e. The number of rotatable bonds is 13. The van der Waals surface area contributed by atoms with Gasteiger partial charge >= 0.3 is 18.0 Å². The van der Waals surface area contributed by atoms with Gasteiger partial charge in [-0.05, 0) is 85.9 Å². The third kappa shape index (κ3) is 10.0. The molecule has 1 atom stereocenters. The summed E-state index contributed by atoms with van der Waals surface area (Å²) in [5.74, 6) is -0.779. The number of amides is 1. The van der Waals surface area contributed by atoms with Crippen LogP contribution in [0.2, 0.25) is 0 Å². The van der Waals surface area contributed by atoms with E-state index in [2.05, 4.69) is 5.32 Å². The summed E-state index contributed by atoms with van der Waals surface area (Å²) in [6, 6.07) is 5.10. The zero-order valence-electron chi connectivity index (χ0n) is 23.1. The molecule has 0 saturated heterocycles. The molecule has 2 aromatic rings. The lowest BCUT2D eigenvalue weighted by Gasteiger charge is -2.22. The van der Waals surface area contributed by atoms with Crippen LogP contribution >= 0.6 is 0 Å². The van der Waals surface area contributed by atoms with Gasteiger partial charge in [-0.3, -0.25) is 0 Å². The maximum Gasteiger partial charge on any atom is 0.408 e. The number of carbonyl (C=O) groups is 3. The number of nitrogens with zero attached hydrogens (tertiary/aromatic N) is 2. The van der Waals surface area contributed by atoms with Gasteiger partial charge in [0.25, 0.3) is 0 Å². The molecule has 0 unspecified atom stereocenters. The van der Waals surface area contributed by atoms with Gasteiger partial charge in [0.15, 0.2) is 0 Å². The van der Waals surface area contributed by atoms with Gasteiger partial charge in [-0.2, -0.15) is 0 Å². The van der Waals surface area contributed by atoms with Crippen molar-refractivity contribution < 1.29 is 33.3 Å². The lowest BCUT2D eigenvalue weighted by atomic mass is 10.2. The summed E-state index contributed by atoms with van der Waals surface area (Å²) >= 11 is 0. The van der Waals surface area contributed by atoms with Gasteiger partial charge in [0.2, 0.25) is 0 Å². The molecule has 206 valence electrons. The molecule has 1 N–H and O–H groups in total. The molecule has 0 spiro atoms. The van der Waals surface area contributed by atoms with Crippen LogP contribution in [0, 0.1) is 0 Å². The van der Waals surface area contributed by atoms with E-state index in [4.69, 9.17) is 23.9 Å². The monoisotopic (exact) mass is 519 g/mol. The fourth-order valence-electron chi connectivity index (χ4n) is 3.62. The van der Waals surface area contributed by atoms with Crippen LogP contribution < -0.4 is 5.32 Å². The minimum Gasteiger partial charge on any atom is -0.464 e. The zero-order valence-corrected chi connectivity index (χ0v) is 23.1. The number of esters is 2. The molecule has 2 aromatic heterocycles. The fraction of sp³-hybridized carbons (Fsp3) is 0.630. The van der Waals surface area contributed by atoms with Crippen molar-refractivity contribution in [1.82, 2.24) is 14.9 Å². The Balaban J connectivity index is 2.13. The molecule has 0 radical (unpaired) electrons. The molecule has 0 fully saturated rings. The predicted molar refractivity (Wildman–Crippen MR) is 139 cm³/mol. The molecular formula is C27H41N3O7. The Hall–Kier alpha value is -3.14. The third-order valence-corrected chi connectivity index (χ3v) is 5.19. The van der Waals surface area contributed by atoms with Gasteiger partial charge in [-0.15, -0.1) is 0 Å². The number of carbonyl (C=O) groups excluding carboxylic acids is 3. The lowest BCUT2D eigenvalue weighted by Crippen LogP contribution is -2.34. The number of nitrogens with one attached hydrogen (secondary N) is 1. The number of unbranched alkanes of at least 4 members (excludes halogenated alkanes) is 2. The van der Waals surface area contributed by atoms with Gasteiger partial charge in [-0.1, -0.05) is 0 Å². The second-order valence-corrected chi connectivity index (χ2v) is 10.1. The van der Waals surface area contributed by atoms with Gasteiger partial charge in [0, 0.05) is 18.5 Å². The number of pyridine rings is 1. The number of aromatic nitrogens is 2. The second kappa shape index (κ2) is 14.0. The average Bonchev–Trinajstić information content (AvgIpc) is 3.14. The van der Waals surface area contributed by atoms with Crippen molar-refractivity contribution in [3.8, 4) is 0 Å². The van der Waals surface area contributed by atoms with Crippen molar-refractivity contribution in [3.63, 3.8) is 0 Å². The van der Waals surface area contributed by atoms with E-state index in [1.807, 2.05) is 37.5 Å². The van der Waals surface area contributed by atoms with Crippen LogP contribution in [0.5, 0.6) is 0 Å². The summed E-state index contributed by atoms with van der Waals surface area (Å²) in [5, 5.41) is 3.62. The molecule has 0 saturated carbocycles. The van der Waals surface area contributed by atoms with Crippen LogP contribution in [0.4, 0.5) is 4.79 Å². The molecule has 0 aliphatic rings. The molecular weight excluding hydrogens is 478 g/mol. The van der Waals surface area contributed by atoms with Gasteiger partial charge in [0.1, 0.15) is 23.5 Å². The Morgan fingerprint density at radius 2 is 1.81 bits per heavy atom. The smallest absolute Gasteiger partial charge is 0.408 e. The maximum atomic E-state index is 12.8. The Labute approximate surface area is 219 Å². The van der Waals surface area contributed by atoms with E-state index in [0.29, 0.717) is 36.8 Å². The van der Waals surface area contributed by atoms with Crippen LogP contribution in [-0.2, 0) is 30.3 Å². The second-order valence-electron chi connectivity index (χ2n) is 10.1. The molecule has 0 aliphatic heterocycles. The normalized spacial score (nSPS) is 12.4. The quantitative estimate of drug-likeness (QED) is 0.225. The fourth-order valence-corrected chi connectivity index (χ4v) is 3.62. The summed E-state index contributed by atoms with van der Waals surface area (Å²) in [5.41, 5.74) is 1.11. The standard InChI is InChI=1S/C27H41N3O7/c1-8-35-23(31)17-34-15-11-9-10-14-30-22(25(32)36-18(2)3)16-20-12-13-21(29-24(20)30)19(4)28-26(33)37-27(5,6)7/h12-13,16,18-19H,8-11,14-15,17H2,1-7H3,(H,28,33)/t19-/m1/s1. The first kappa shape index (κ1) is 30.1. The van der Waals surface area contributed by atoms with Crippen molar-refractivity contribution in [2.45, 2.75) is 92.0 Å². The van der Waals surface area contributed by atoms with E-state index in [1.54, 1.807) is 33.8 Å². The van der Waals surface area contributed by atoms with E-state index in [9.17, 15) is 14.4 Å². The number of ether oxygens (including phenoxy) is 4. The number of hydrogen-bond donors (Lipinski definition) is 1. The first-order valence-corrected chi connectivity index (χ1v) is 12.8. The molecule has 2 heterocycles. The number of alkyl carbamates (subject to hydrolysis) is 1. The molecule has 0 aromatic carbocycles. The molecule has 0 aliphatic carbocycles. The Bertz CT molecular complexity index is 1060. The first-order chi connectivity index (χ1) is 17.4. The van der Waals surface area contributed by atoms with Crippen LogP contribution in [0.3, 0.4) is 0 Å². The summed E-state index contributed by atoms with van der Waals surface area (Å²) in [6.07, 6.45) is 1.59. The molecule has 2 rings (SSSR count). The van der Waals surface area contributed by atoms with Crippen LogP contribution in [-0.4, -0.2) is 59.1 Å². The maximum absolute atomic E-state index is 12.8. The SMILES string of the molecule is CCOC(=O)COCCCCCn1c(C(=O)OC(C)C)cc2ccc([C@@H](C)NC(=O)OC(C)(C)C)nc21. The topological polar surface area (TPSA) is 118 Å². The van der Waals surface area contributed by atoms with Gasteiger partial charge in [0.05, 0.1) is 24.4 Å². The van der Waals surface area contributed by atoms with Crippen LogP contribution in [0.15, 0.2) is 18.2 Å². The number of hydrogen-bond acceptors (Lipinski definition) is 8. The Morgan fingerprint density at radius 1 is 1.08 bits per heavy atom.